The average Bonchev–Trinajstić information content (AvgIpc) is 3.04. The monoisotopic (exact) mass is 374 g/mol. The number of nitrogens with one attached hydrogen (secondary N) is 1. The van der Waals surface area contributed by atoms with Gasteiger partial charge in [-0.05, 0) is 17.8 Å². The van der Waals surface area contributed by atoms with Gasteiger partial charge in [0.15, 0.2) is 0 Å². The number of piperidine rings is 1. The molecule has 1 saturated carbocycles. The van der Waals surface area contributed by atoms with E-state index in [2.05, 4.69) is 5.32 Å². The molecule has 2 N–H and O–H groups in total. The molecule has 0 spiro atoms. The molecule has 0 aromatic rings. The summed E-state index contributed by atoms with van der Waals surface area (Å²) in [5.41, 5.74) is -0.178. The van der Waals surface area contributed by atoms with Crippen molar-refractivity contribution < 1.29 is 33.0 Å². The highest BCUT2D eigenvalue weighted by molar-refractivity contribution is 5.92. The van der Waals surface area contributed by atoms with Gasteiger partial charge in [-0.3, -0.25) is 9.59 Å². The minimum Gasteiger partial charge on any atom is -0.480 e. The summed E-state index contributed by atoms with van der Waals surface area (Å²) >= 11 is 0. The van der Waals surface area contributed by atoms with Gasteiger partial charge in [0.1, 0.15) is 12.1 Å². The van der Waals surface area contributed by atoms with Crippen molar-refractivity contribution in [2.24, 2.45) is 23.2 Å². The fourth-order valence-corrected chi connectivity index (χ4v) is 4.43. The second-order valence-corrected chi connectivity index (χ2v) is 7.98. The Morgan fingerprint density at radius 2 is 2.04 bits per heavy atom. The maximum atomic E-state index is 13.0. The lowest BCUT2D eigenvalue weighted by Gasteiger charge is -2.31. The molecule has 2 aliphatic heterocycles. The number of carboxylic acids is 1. The van der Waals surface area contributed by atoms with Gasteiger partial charge in [-0.2, -0.15) is 0 Å². The quantitative estimate of drug-likeness (QED) is 0.715. The van der Waals surface area contributed by atoms with Crippen LogP contribution in [-0.4, -0.2) is 66.1 Å². The normalized spacial score (nSPS) is 33.0. The van der Waals surface area contributed by atoms with Gasteiger partial charge in [-0.1, -0.05) is 13.8 Å². The van der Waals surface area contributed by atoms with Crippen LogP contribution in [0.3, 0.4) is 0 Å². The summed E-state index contributed by atoms with van der Waals surface area (Å²) in [4.78, 5) is 37.9. The van der Waals surface area contributed by atoms with E-state index in [1.165, 1.54) is 0 Å². The van der Waals surface area contributed by atoms with Crippen molar-refractivity contribution in [3.05, 3.63) is 0 Å². The molecule has 0 bridgehead atoms. The van der Waals surface area contributed by atoms with Crippen LogP contribution in [0.15, 0.2) is 0 Å². The average molecular weight is 374 g/mol. The lowest BCUT2D eigenvalue weighted by atomic mass is 10.00. The number of alkyl halides is 2. The number of ether oxygens (including phenoxy) is 1. The molecule has 0 unspecified atom stereocenters. The number of fused-ring (bicyclic) bond motifs is 1. The van der Waals surface area contributed by atoms with E-state index in [1.54, 1.807) is 0 Å². The summed E-state index contributed by atoms with van der Waals surface area (Å²) in [6, 6.07) is -2.46. The molecule has 3 rings (SSSR count). The molecular weight excluding hydrogens is 350 g/mol. The minimum absolute atomic E-state index is 0.0404. The number of nitrogens with zero attached hydrogens (tertiary/aromatic N) is 1. The molecule has 3 aliphatic rings. The Hall–Kier alpha value is -1.77. The summed E-state index contributed by atoms with van der Waals surface area (Å²) in [6.45, 7) is 4.71. The number of likely N-dealkylation sites (tertiary alicyclic amines) is 1. The Labute approximate surface area is 150 Å². The topological polar surface area (TPSA) is 95.9 Å². The molecule has 5 atom stereocenters. The Bertz CT molecular complexity index is 606. The molecule has 2 saturated heterocycles. The van der Waals surface area contributed by atoms with Crippen LogP contribution in [-0.2, 0) is 19.1 Å². The standard InChI is InChI=1S/C17H24F2N2O5/c1-17(2)9-6-21(13(12(9)17)16(24)25)15(23)10(5-11(18)19)20-14(22)8-3-4-26-7-8/h8-13H,3-7H2,1-2H3,(H,20,22)(H,24,25)/t8-,9-,10-,12-,13-/m0/s1. The van der Waals surface area contributed by atoms with E-state index < -0.39 is 48.6 Å². The number of amides is 2. The van der Waals surface area contributed by atoms with Gasteiger partial charge in [0.25, 0.3) is 0 Å². The van der Waals surface area contributed by atoms with Crippen LogP contribution in [0.5, 0.6) is 0 Å². The highest BCUT2D eigenvalue weighted by Gasteiger charge is 2.69. The van der Waals surface area contributed by atoms with Crippen LogP contribution < -0.4 is 5.32 Å². The number of hydrogen-bond donors (Lipinski definition) is 2. The summed E-state index contributed by atoms with van der Waals surface area (Å²) in [7, 11) is 0. The summed E-state index contributed by atoms with van der Waals surface area (Å²) in [5, 5.41) is 11.9. The second kappa shape index (κ2) is 6.75. The van der Waals surface area contributed by atoms with Gasteiger partial charge in [-0.15, -0.1) is 0 Å². The maximum Gasteiger partial charge on any atom is 0.326 e. The summed E-state index contributed by atoms with van der Waals surface area (Å²) < 4.78 is 31.0. The van der Waals surface area contributed by atoms with Crippen molar-refractivity contribution in [1.82, 2.24) is 10.2 Å². The van der Waals surface area contributed by atoms with Crippen LogP contribution >= 0.6 is 0 Å². The van der Waals surface area contributed by atoms with Gasteiger partial charge in [-0.25, -0.2) is 13.6 Å². The number of aliphatic carboxylic acids is 1. The van der Waals surface area contributed by atoms with Gasteiger partial charge >= 0.3 is 5.97 Å². The lowest BCUT2D eigenvalue weighted by molar-refractivity contribution is -0.152. The smallest absolute Gasteiger partial charge is 0.326 e. The fourth-order valence-electron chi connectivity index (χ4n) is 4.43. The number of carbonyl (C=O) groups is 3. The number of carbonyl (C=O) groups excluding carboxylic acids is 2. The van der Waals surface area contributed by atoms with Crippen molar-refractivity contribution in [3.8, 4) is 0 Å². The molecule has 0 aromatic carbocycles. The molecular formula is C17H24F2N2O5. The van der Waals surface area contributed by atoms with Crippen LogP contribution in [0.4, 0.5) is 8.78 Å². The largest absolute Gasteiger partial charge is 0.480 e. The van der Waals surface area contributed by atoms with Crippen molar-refractivity contribution in [2.45, 2.75) is 45.2 Å². The minimum atomic E-state index is -2.79. The first-order chi connectivity index (χ1) is 12.1. The molecule has 2 heterocycles. The lowest BCUT2D eigenvalue weighted by Crippen LogP contribution is -2.55. The SMILES string of the molecule is CC1(C)[C@@H]2[C@@H](C(=O)O)N(C(=O)[C@H](CC(F)F)NC(=O)[C@H]3CCOC3)C[C@@H]21. The van der Waals surface area contributed by atoms with Gasteiger partial charge in [0.2, 0.25) is 18.2 Å². The zero-order chi connectivity index (χ0) is 19.2. The predicted molar refractivity (Wildman–Crippen MR) is 85.4 cm³/mol. The third-order valence-corrected chi connectivity index (χ3v) is 6.07. The van der Waals surface area contributed by atoms with Crippen LogP contribution in [0, 0.1) is 23.2 Å². The third kappa shape index (κ3) is 3.28. The number of carboxylic acid groups (broad SMARTS) is 1. The van der Waals surface area contributed by atoms with E-state index in [0.717, 1.165) is 4.90 Å². The molecule has 2 amide bonds. The van der Waals surface area contributed by atoms with E-state index in [4.69, 9.17) is 4.74 Å². The second-order valence-electron chi connectivity index (χ2n) is 7.98. The Morgan fingerprint density at radius 3 is 2.58 bits per heavy atom. The highest BCUT2D eigenvalue weighted by Crippen LogP contribution is 2.64. The zero-order valence-corrected chi connectivity index (χ0v) is 14.8. The van der Waals surface area contributed by atoms with E-state index >= 15 is 0 Å². The van der Waals surface area contributed by atoms with Gasteiger partial charge < -0.3 is 20.1 Å². The van der Waals surface area contributed by atoms with E-state index in [-0.39, 0.29) is 30.4 Å². The van der Waals surface area contributed by atoms with Crippen LogP contribution in [0.1, 0.15) is 26.7 Å². The first-order valence-electron chi connectivity index (χ1n) is 8.84. The summed E-state index contributed by atoms with van der Waals surface area (Å²) in [6.07, 6.45) is -3.15. The molecule has 26 heavy (non-hydrogen) atoms. The maximum absolute atomic E-state index is 13.0. The number of hydrogen-bond acceptors (Lipinski definition) is 4. The van der Waals surface area contributed by atoms with Crippen molar-refractivity contribution in [1.29, 1.82) is 0 Å². The summed E-state index contributed by atoms with van der Waals surface area (Å²) in [5.74, 6) is -2.99. The molecule has 9 heteroatoms. The number of rotatable bonds is 6. The van der Waals surface area contributed by atoms with E-state index in [0.29, 0.717) is 13.0 Å². The number of halogens is 2. The zero-order valence-electron chi connectivity index (χ0n) is 14.8. The predicted octanol–water partition coefficient (Wildman–Crippen LogP) is 0.731. The third-order valence-electron chi connectivity index (χ3n) is 6.07. The first-order valence-corrected chi connectivity index (χ1v) is 8.84. The van der Waals surface area contributed by atoms with Crippen LogP contribution in [0.2, 0.25) is 0 Å². The molecule has 7 nitrogen and oxygen atoms in total. The van der Waals surface area contributed by atoms with Crippen LogP contribution in [0.25, 0.3) is 0 Å². The first kappa shape index (κ1) is 19.0. The van der Waals surface area contributed by atoms with Crippen molar-refractivity contribution >= 4 is 17.8 Å². The van der Waals surface area contributed by atoms with E-state index in [9.17, 15) is 28.3 Å². The molecule has 0 radical (unpaired) electrons. The Kier molecular flexibility index (Phi) is 4.94. The van der Waals surface area contributed by atoms with Gasteiger partial charge in [0, 0.05) is 25.5 Å². The molecule has 146 valence electrons. The molecule has 3 fully saturated rings. The fraction of sp³-hybridized carbons (Fsp3) is 0.824. The highest BCUT2D eigenvalue weighted by atomic mass is 19.3. The van der Waals surface area contributed by atoms with Crippen molar-refractivity contribution in [2.75, 3.05) is 19.8 Å². The van der Waals surface area contributed by atoms with Crippen molar-refractivity contribution in [3.63, 3.8) is 0 Å². The Balaban J connectivity index is 1.73. The Morgan fingerprint density at radius 1 is 1.35 bits per heavy atom. The van der Waals surface area contributed by atoms with E-state index in [1.807, 2.05) is 13.8 Å². The molecule has 1 aliphatic carbocycles. The molecule has 0 aromatic heterocycles. The van der Waals surface area contributed by atoms with Gasteiger partial charge in [0.05, 0.1) is 12.5 Å².